The number of nitrogens with zero attached hydrogens (tertiary/aromatic N) is 4. The first-order chi connectivity index (χ1) is 10.2. The molecule has 7 nitrogen and oxygen atoms in total. The second kappa shape index (κ2) is 5.41. The maximum absolute atomic E-state index is 11.3. The van der Waals surface area contributed by atoms with Gasteiger partial charge in [0.25, 0.3) is 0 Å². The lowest BCUT2D eigenvalue weighted by molar-refractivity contribution is 0.0687. The third-order valence-electron chi connectivity index (χ3n) is 2.66. The summed E-state index contributed by atoms with van der Waals surface area (Å²) in [4.78, 5) is 19.1. The van der Waals surface area contributed by atoms with Crippen LogP contribution in [-0.4, -0.2) is 30.8 Å². The number of hydrogen-bond acceptors (Lipinski definition) is 5. The Morgan fingerprint density at radius 3 is 2.67 bits per heavy atom. The van der Waals surface area contributed by atoms with Crippen molar-refractivity contribution in [3.8, 4) is 17.3 Å². The zero-order valence-electron chi connectivity index (χ0n) is 10.7. The van der Waals surface area contributed by atoms with E-state index in [9.17, 15) is 9.90 Å². The first-order valence-corrected chi connectivity index (χ1v) is 6.06. The number of ether oxygens (including phenoxy) is 1. The molecule has 3 rings (SSSR count). The smallest absolute Gasteiger partial charge is 0.360 e. The number of aromatic carboxylic acids is 1. The molecule has 7 heteroatoms. The molecule has 2 aromatic heterocycles. The SMILES string of the molecule is O=C(O)c1nn(-c2ccccc2)cc1Oc1cnccn1. The first kappa shape index (κ1) is 12.8. The van der Waals surface area contributed by atoms with Crippen LogP contribution in [0, 0.1) is 0 Å². The number of carboxylic acids is 1. The molecule has 0 unspecified atom stereocenters. The average molecular weight is 282 g/mol. The molecule has 0 fully saturated rings. The number of benzene rings is 1. The minimum Gasteiger partial charge on any atom is -0.476 e. The molecular weight excluding hydrogens is 272 g/mol. The standard InChI is InChI=1S/C14H10N4O3/c19-14(20)13-11(21-12-8-15-6-7-16-12)9-18(17-13)10-4-2-1-3-5-10/h1-9H,(H,19,20). The second-order valence-corrected chi connectivity index (χ2v) is 4.07. The molecule has 2 heterocycles. The molecule has 1 N–H and O–H groups in total. The summed E-state index contributed by atoms with van der Waals surface area (Å²) in [5.41, 5.74) is 0.540. The van der Waals surface area contributed by atoms with E-state index >= 15 is 0 Å². The van der Waals surface area contributed by atoms with Gasteiger partial charge in [-0.3, -0.25) is 4.98 Å². The van der Waals surface area contributed by atoms with Gasteiger partial charge in [0.2, 0.25) is 11.6 Å². The maximum Gasteiger partial charge on any atom is 0.360 e. The van der Waals surface area contributed by atoms with Crippen LogP contribution in [0.3, 0.4) is 0 Å². The monoisotopic (exact) mass is 282 g/mol. The lowest BCUT2D eigenvalue weighted by Crippen LogP contribution is -2.02. The van der Waals surface area contributed by atoms with Crippen molar-refractivity contribution in [1.82, 2.24) is 19.7 Å². The molecule has 0 aliphatic carbocycles. The lowest BCUT2D eigenvalue weighted by Gasteiger charge is -2.01. The molecule has 104 valence electrons. The molecule has 0 saturated carbocycles. The quantitative estimate of drug-likeness (QED) is 0.788. The van der Waals surface area contributed by atoms with Gasteiger partial charge in [-0.15, -0.1) is 0 Å². The average Bonchev–Trinajstić information content (AvgIpc) is 2.93. The van der Waals surface area contributed by atoms with Gasteiger partial charge in [0.15, 0.2) is 5.75 Å². The van der Waals surface area contributed by atoms with Crippen molar-refractivity contribution in [3.05, 3.63) is 60.8 Å². The predicted octanol–water partition coefficient (Wildman–Crippen LogP) is 2.15. The van der Waals surface area contributed by atoms with Gasteiger partial charge in [-0.05, 0) is 12.1 Å². The highest BCUT2D eigenvalue weighted by Crippen LogP contribution is 2.24. The van der Waals surface area contributed by atoms with E-state index in [0.717, 1.165) is 5.69 Å². The Kier molecular flexibility index (Phi) is 3.30. The van der Waals surface area contributed by atoms with Gasteiger partial charge in [0.1, 0.15) is 0 Å². The summed E-state index contributed by atoms with van der Waals surface area (Å²) in [7, 11) is 0. The summed E-state index contributed by atoms with van der Waals surface area (Å²) in [5.74, 6) is -0.872. The highest BCUT2D eigenvalue weighted by atomic mass is 16.5. The molecule has 1 aromatic carbocycles. The maximum atomic E-state index is 11.3. The Morgan fingerprint density at radius 2 is 2.00 bits per heavy atom. The van der Waals surface area contributed by atoms with Crippen molar-refractivity contribution < 1.29 is 14.6 Å². The van der Waals surface area contributed by atoms with Crippen molar-refractivity contribution in [3.63, 3.8) is 0 Å². The van der Waals surface area contributed by atoms with Crippen molar-refractivity contribution in [2.24, 2.45) is 0 Å². The lowest BCUT2D eigenvalue weighted by atomic mass is 10.3. The van der Waals surface area contributed by atoms with Crippen LogP contribution in [0.2, 0.25) is 0 Å². The molecule has 0 saturated heterocycles. The highest BCUT2D eigenvalue weighted by molar-refractivity contribution is 5.88. The van der Waals surface area contributed by atoms with Crippen LogP contribution in [0.5, 0.6) is 11.6 Å². The topological polar surface area (TPSA) is 90.1 Å². The molecule has 0 amide bonds. The van der Waals surface area contributed by atoms with Crippen LogP contribution < -0.4 is 4.74 Å². The van der Waals surface area contributed by atoms with E-state index in [0.29, 0.717) is 0 Å². The van der Waals surface area contributed by atoms with Gasteiger partial charge in [-0.2, -0.15) is 5.10 Å². The second-order valence-electron chi connectivity index (χ2n) is 4.07. The van der Waals surface area contributed by atoms with Crippen LogP contribution in [-0.2, 0) is 0 Å². The fourth-order valence-electron chi connectivity index (χ4n) is 1.74. The van der Waals surface area contributed by atoms with Gasteiger partial charge in [0, 0.05) is 12.4 Å². The van der Waals surface area contributed by atoms with Crippen molar-refractivity contribution in [2.75, 3.05) is 0 Å². The summed E-state index contributed by atoms with van der Waals surface area (Å²) in [6, 6.07) is 9.15. The Morgan fingerprint density at radius 1 is 1.19 bits per heavy atom. The number of rotatable bonds is 4. The molecule has 0 radical (unpaired) electrons. The molecule has 0 aliphatic rings. The van der Waals surface area contributed by atoms with Crippen LogP contribution in [0.1, 0.15) is 10.5 Å². The Labute approximate surface area is 119 Å². The van der Waals surface area contributed by atoms with Gasteiger partial charge in [0.05, 0.1) is 18.1 Å². The van der Waals surface area contributed by atoms with E-state index in [1.165, 1.54) is 29.5 Å². The van der Waals surface area contributed by atoms with Gasteiger partial charge >= 0.3 is 5.97 Å². The van der Waals surface area contributed by atoms with Gasteiger partial charge in [-0.25, -0.2) is 14.5 Å². The minimum atomic E-state index is -1.18. The fourth-order valence-corrected chi connectivity index (χ4v) is 1.74. The number of aromatic nitrogens is 4. The number of carbonyl (C=O) groups is 1. The highest BCUT2D eigenvalue weighted by Gasteiger charge is 2.19. The first-order valence-electron chi connectivity index (χ1n) is 6.06. The van der Waals surface area contributed by atoms with E-state index in [1.807, 2.05) is 30.3 Å². The molecular formula is C14H10N4O3. The number of carboxylic acid groups (broad SMARTS) is 1. The van der Waals surface area contributed by atoms with Crippen LogP contribution in [0.15, 0.2) is 55.1 Å². The van der Waals surface area contributed by atoms with Gasteiger partial charge in [-0.1, -0.05) is 18.2 Å². The van der Waals surface area contributed by atoms with E-state index in [2.05, 4.69) is 15.1 Å². The fraction of sp³-hybridized carbons (Fsp3) is 0. The molecule has 0 bridgehead atoms. The normalized spacial score (nSPS) is 10.3. The summed E-state index contributed by atoms with van der Waals surface area (Å²) in [6.07, 6.45) is 5.84. The molecule has 0 spiro atoms. The van der Waals surface area contributed by atoms with Crippen LogP contribution in [0.25, 0.3) is 5.69 Å². The largest absolute Gasteiger partial charge is 0.476 e. The van der Waals surface area contributed by atoms with Crippen LogP contribution >= 0.6 is 0 Å². The van der Waals surface area contributed by atoms with E-state index in [4.69, 9.17) is 4.74 Å². The molecule has 0 atom stereocenters. The third-order valence-corrected chi connectivity index (χ3v) is 2.66. The minimum absolute atomic E-state index is 0.104. The van der Waals surface area contributed by atoms with Crippen molar-refractivity contribution in [1.29, 1.82) is 0 Å². The molecule has 0 aliphatic heterocycles. The zero-order chi connectivity index (χ0) is 14.7. The van der Waals surface area contributed by atoms with Crippen LogP contribution in [0.4, 0.5) is 0 Å². The Bertz CT molecular complexity index is 756. The summed E-state index contributed by atoms with van der Waals surface area (Å²) in [5, 5.41) is 13.2. The van der Waals surface area contributed by atoms with Crippen molar-refractivity contribution >= 4 is 5.97 Å². The summed E-state index contributed by atoms with van der Waals surface area (Å²) < 4.78 is 6.87. The van der Waals surface area contributed by atoms with E-state index in [1.54, 1.807) is 0 Å². The number of hydrogen-bond donors (Lipinski definition) is 1. The van der Waals surface area contributed by atoms with Gasteiger partial charge < -0.3 is 9.84 Å². The van der Waals surface area contributed by atoms with E-state index < -0.39 is 5.97 Å². The summed E-state index contributed by atoms with van der Waals surface area (Å²) >= 11 is 0. The zero-order valence-corrected chi connectivity index (χ0v) is 10.7. The predicted molar refractivity (Wildman–Crippen MR) is 72.6 cm³/mol. The summed E-state index contributed by atoms with van der Waals surface area (Å²) in [6.45, 7) is 0. The number of para-hydroxylation sites is 1. The molecule has 21 heavy (non-hydrogen) atoms. The Hall–Kier alpha value is -3.22. The Balaban J connectivity index is 2.00. The third kappa shape index (κ3) is 2.71. The van der Waals surface area contributed by atoms with E-state index in [-0.39, 0.29) is 17.3 Å². The van der Waals surface area contributed by atoms with Crippen molar-refractivity contribution in [2.45, 2.75) is 0 Å². The molecule has 3 aromatic rings.